The van der Waals surface area contributed by atoms with E-state index in [0.717, 1.165) is 36.0 Å². The minimum absolute atomic E-state index is 0.0646. The topological polar surface area (TPSA) is 114 Å². The molecule has 5 rings (SSSR count). The van der Waals surface area contributed by atoms with Crippen LogP contribution in [-0.2, 0) is 0 Å². The molecule has 0 unspecified atom stereocenters. The second-order valence-electron chi connectivity index (χ2n) is 9.25. The highest BCUT2D eigenvalue weighted by Gasteiger charge is 2.24. The number of nitro benzene ring substituents is 1. The van der Waals surface area contributed by atoms with E-state index in [1.54, 1.807) is 24.3 Å². The van der Waals surface area contributed by atoms with Gasteiger partial charge in [0, 0.05) is 40.9 Å². The second kappa shape index (κ2) is 10.9. The van der Waals surface area contributed by atoms with Gasteiger partial charge in [0.25, 0.3) is 11.6 Å². The quantitative estimate of drug-likeness (QED) is 0.152. The summed E-state index contributed by atoms with van der Waals surface area (Å²) in [6.07, 6.45) is 1.98. The summed E-state index contributed by atoms with van der Waals surface area (Å²) in [5.74, 6) is 0.574. The molecule has 0 atom stereocenters. The Balaban J connectivity index is 1.33. The molecule has 0 radical (unpaired) electrons. The number of carbonyl (C=O) groups excluding carboxylic acids is 1. The first kappa shape index (κ1) is 25.8. The molecule has 0 aliphatic carbocycles. The van der Waals surface area contributed by atoms with Gasteiger partial charge in [0.1, 0.15) is 5.52 Å². The summed E-state index contributed by atoms with van der Waals surface area (Å²) in [5, 5.41) is 17.1. The summed E-state index contributed by atoms with van der Waals surface area (Å²) in [5.41, 5.74) is 3.40. The summed E-state index contributed by atoms with van der Waals surface area (Å²) in [6, 6.07) is 17.3. The van der Waals surface area contributed by atoms with Crippen molar-refractivity contribution in [3.63, 3.8) is 0 Å². The lowest BCUT2D eigenvalue weighted by Gasteiger charge is -2.33. The monoisotopic (exact) mass is 593 g/mol. The largest absolute Gasteiger partial charge is 0.436 e. The van der Waals surface area contributed by atoms with Crippen LogP contribution in [0.1, 0.15) is 30.1 Å². The molecule has 1 saturated heterocycles. The van der Waals surface area contributed by atoms with E-state index >= 15 is 0 Å². The summed E-state index contributed by atoms with van der Waals surface area (Å²) in [7, 11) is 0. The van der Waals surface area contributed by atoms with E-state index in [0.29, 0.717) is 34.3 Å². The summed E-state index contributed by atoms with van der Waals surface area (Å²) < 4.78 is 6.80. The number of hydrogen-bond donors (Lipinski definition) is 2. The van der Waals surface area contributed by atoms with Crippen LogP contribution in [0.4, 0.5) is 17.1 Å². The van der Waals surface area contributed by atoms with Crippen molar-refractivity contribution in [1.29, 1.82) is 0 Å². The van der Waals surface area contributed by atoms with Crippen molar-refractivity contribution in [2.75, 3.05) is 23.3 Å². The zero-order valence-corrected chi connectivity index (χ0v) is 22.8. The Hall–Kier alpha value is -3.83. The lowest BCUT2D eigenvalue weighted by atomic mass is 9.98. The third kappa shape index (κ3) is 5.68. The van der Waals surface area contributed by atoms with Gasteiger partial charge in [0.2, 0.25) is 5.89 Å². The van der Waals surface area contributed by atoms with Gasteiger partial charge in [-0.25, -0.2) is 4.98 Å². The fourth-order valence-corrected chi connectivity index (χ4v) is 5.04. The number of piperidine rings is 1. The molecule has 11 heteroatoms. The van der Waals surface area contributed by atoms with Gasteiger partial charge >= 0.3 is 0 Å². The Kier molecular flexibility index (Phi) is 7.39. The standard InChI is InChI=1S/C27H24BrN5O4S/c1-16-9-11-32(12-10-16)23-7-6-20(33(35)36)15-21(23)25(34)31-27(38)29-19-5-8-24-22(14-19)30-26(37-24)17-3-2-4-18(28)13-17/h2-8,13-16H,9-12H2,1H3,(H2,29,31,34,38). The van der Waals surface area contributed by atoms with Crippen molar-refractivity contribution in [3.05, 3.63) is 80.8 Å². The van der Waals surface area contributed by atoms with Crippen LogP contribution in [0.3, 0.4) is 0 Å². The van der Waals surface area contributed by atoms with E-state index in [1.807, 2.05) is 24.3 Å². The first-order chi connectivity index (χ1) is 18.3. The maximum atomic E-state index is 13.2. The number of oxazole rings is 1. The molecule has 4 aromatic rings. The van der Waals surface area contributed by atoms with Crippen LogP contribution in [-0.4, -0.2) is 34.0 Å². The molecule has 9 nitrogen and oxygen atoms in total. The number of fused-ring (bicyclic) bond motifs is 1. The zero-order chi connectivity index (χ0) is 26.8. The van der Waals surface area contributed by atoms with E-state index in [2.05, 4.69) is 43.4 Å². The van der Waals surface area contributed by atoms with Gasteiger partial charge in [-0.2, -0.15) is 0 Å². The normalized spacial score (nSPS) is 13.9. The predicted molar refractivity (Wildman–Crippen MR) is 155 cm³/mol. The van der Waals surface area contributed by atoms with Gasteiger partial charge < -0.3 is 14.6 Å². The van der Waals surface area contributed by atoms with Crippen molar-refractivity contribution in [1.82, 2.24) is 10.3 Å². The molecular formula is C27H24BrN5O4S. The molecule has 1 aliphatic rings. The van der Waals surface area contributed by atoms with Gasteiger partial charge in [-0.1, -0.05) is 28.9 Å². The Morgan fingerprint density at radius 2 is 1.95 bits per heavy atom. The average Bonchev–Trinajstić information content (AvgIpc) is 3.32. The number of hydrogen-bond acceptors (Lipinski definition) is 7. The lowest BCUT2D eigenvalue weighted by molar-refractivity contribution is -0.384. The molecule has 2 heterocycles. The number of non-ortho nitro benzene ring substituents is 1. The van der Waals surface area contributed by atoms with Crippen LogP contribution in [0.25, 0.3) is 22.6 Å². The minimum atomic E-state index is -0.515. The van der Waals surface area contributed by atoms with E-state index in [4.69, 9.17) is 16.6 Å². The summed E-state index contributed by atoms with van der Waals surface area (Å²) >= 11 is 8.85. The summed E-state index contributed by atoms with van der Waals surface area (Å²) in [4.78, 5) is 30.8. The predicted octanol–water partition coefficient (Wildman–Crippen LogP) is 6.53. The number of halogens is 1. The first-order valence-corrected chi connectivity index (χ1v) is 13.3. The number of nitro groups is 1. The Labute approximate surface area is 232 Å². The number of thiocarbonyl (C=S) groups is 1. The number of benzene rings is 3. The highest BCUT2D eigenvalue weighted by molar-refractivity contribution is 9.10. The first-order valence-electron chi connectivity index (χ1n) is 12.1. The second-order valence-corrected chi connectivity index (χ2v) is 10.6. The van der Waals surface area contributed by atoms with Crippen molar-refractivity contribution in [3.8, 4) is 11.5 Å². The van der Waals surface area contributed by atoms with Crippen molar-refractivity contribution in [2.24, 2.45) is 5.92 Å². The molecule has 1 aliphatic heterocycles. The molecule has 38 heavy (non-hydrogen) atoms. The number of amides is 1. The SMILES string of the molecule is CC1CCN(c2ccc([N+](=O)[O-])cc2C(=O)NC(=S)Nc2ccc3oc(-c4cccc(Br)c4)nc3c2)CC1. The highest BCUT2D eigenvalue weighted by Crippen LogP contribution is 2.30. The number of aromatic nitrogens is 1. The molecule has 0 saturated carbocycles. The van der Waals surface area contributed by atoms with E-state index in [1.165, 1.54) is 12.1 Å². The van der Waals surface area contributed by atoms with Gasteiger partial charge in [0.05, 0.1) is 16.2 Å². The number of anilines is 2. The Morgan fingerprint density at radius 3 is 2.68 bits per heavy atom. The van der Waals surface area contributed by atoms with Crippen LogP contribution in [0, 0.1) is 16.0 Å². The third-order valence-electron chi connectivity index (χ3n) is 6.50. The molecule has 1 amide bonds. The van der Waals surface area contributed by atoms with Crippen LogP contribution in [0.2, 0.25) is 0 Å². The molecule has 2 N–H and O–H groups in total. The van der Waals surface area contributed by atoms with Crippen LogP contribution in [0.15, 0.2) is 69.6 Å². The molecule has 3 aromatic carbocycles. The van der Waals surface area contributed by atoms with E-state index in [9.17, 15) is 14.9 Å². The van der Waals surface area contributed by atoms with Crippen LogP contribution >= 0.6 is 28.1 Å². The van der Waals surface area contributed by atoms with Gasteiger partial charge in [0.15, 0.2) is 10.7 Å². The number of nitrogens with zero attached hydrogens (tertiary/aromatic N) is 3. The number of nitrogens with one attached hydrogen (secondary N) is 2. The fourth-order valence-electron chi connectivity index (χ4n) is 4.43. The van der Waals surface area contributed by atoms with Crippen molar-refractivity contribution >= 4 is 67.3 Å². The molecule has 1 aromatic heterocycles. The van der Waals surface area contributed by atoms with E-state index in [-0.39, 0.29) is 16.4 Å². The van der Waals surface area contributed by atoms with Gasteiger partial charge in [-0.15, -0.1) is 0 Å². The smallest absolute Gasteiger partial charge is 0.270 e. The molecule has 1 fully saturated rings. The molecule has 0 spiro atoms. The number of rotatable bonds is 5. The highest BCUT2D eigenvalue weighted by atomic mass is 79.9. The molecule has 0 bridgehead atoms. The van der Waals surface area contributed by atoms with Gasteiger partial charge in [-0.3, -0.25) is 20.2 Å². The summed E-state index contributed by atoms with van der Waals surface area (Å²) in [6.45, 7) is 3.76. The third-order valence-corrected chi connectivity index (χ3v) is 7.20. The maximum absolute atomic E-state index is 13.2. The van der Waals surface area contributed by atoms with Gasteiger partial charge in [-0.05, 0) is 73.4 Å². The minimum Gasteiger partial charge on any atom is -0.436 e. The Bertz CT molecular complexity index is 1550. The molecular weight excluding hydrogens is 570 g/mol. The maximum Gasteiger partial charge on any atom is 0.270 e. The lowest BCUT2D eigenvalue weighted by Crippen LogP contribution is -2.37. The van der Waals surface area contributed by atoms with Crippen LogP contribution in [0.5, 0.6) is 0 Å². The van der Waals surface area contributed by atoms with Crippen molar-refractivity contribution < 1.29 is 14.1 Å². The van der Waals surface area contributed by atoms with Crippen LogP contribution < -0.4 is 15.5 Å². The number of carbonyl (C=O) groups is 1. The van der Waals surface area contributed by atoms with Crippen molar-refractivity contribution in [2.45, 2.75) is 19.8 Å². The fraction of sp³-hybridized carbons (Fsp3) is 0.222. The Morgan fingerprint density at radius 1 is 1.16 bits per heavy atom. The van der Waals surface area contributed by atoms with E-state index < -0.39 is 10.8 Å². The zero-order valence-electron chi connectivity index (χ0n) is 20.4. The average molecular weight is 594 g/mol. The molecule has 194 valence electrons.